The molecule has 118 valence electrons. The number of para-hydroxylation sites is 1. The molecule has 2 rings (SSSR count). The fourth-order valence-corrected chi connectivity index (χ4v) is 3.46. The number of benzene rings is 2. The zero-order chi connectivity index (χ0) is 16.3. The second kappa shape index (κ2) is 6.44. The van der Waals surface area contributed by atoms with Crippen molar-refractivity contribution in [2.45, 2.75) is 31.6 Å². The van der Waals surface area contributed by atoms with E-state index in [9.17, 15) is 17.2 Å². The molecule has 1 N–H and O–H groups in total. The standard InChI is InChI=1S/C16H17F2NO2S/c1-3-11-6-5-7-12(4-2)16(11)19-22(20,21)15-9-8-13(17)10-14(15)18/h5-10,19H,3-4H2,1-2H3. The quantitative estimate of drug-likeness (QED) is 0.906. The molecule has 0 heterocycles. The summed E-state index contributed by atoms with van der Waals surface area (Å²) in [5, 5.41) is 0. The van der Waals surface area contributed by atoms with Gasteiger partial charge in [-0.2, -0.15) is 0 Å². The molecule has 0 aliphatic rings. The number of anilines is 1. The highest BCUT2D eigenvalue weighted by atomic mass is 32.2. The Bertz CT molecular complexity index is 766. The minimum absolute atomic E-state index is 0.469. The number of halogens is 2. The van der Waals surface area contributed by atoms with Crippen LogP contribution in [0.2, 0.25) is 0 Å². The number of sulfonamides is 1. The second-order valence-electron chi connectivity index (χ2n) is 4.84. The van der Waals surface area contributed by atoms with E-state index in [1.807, 2.05) is 32.0 Å². The molecule has 0 saturated carbocycles. The predicted octanol–water partition coefficient (Wildman–Crippen LogP) is 3.89. The van der Waals surface area contributed by atoms with E-state index in [1.54, 1.807) is 0 Å². The van der Waals surface area contributed by atoms with Gasteiger partial charge < -0.3 is 0 Å². The molecule has 2 aromatic carbocycles. The third kappa shape index (κ3) is 3.27. The normalized spacial score (nSPS) is 11.5. The Balaban J connectivity index is 2.49. The minimum Gasteiger partial charge on any atom is -0.279 e. The number of nitrogens with one attached hydrogen (secondary N) is 1. The first-order valence-corrected chi connectivity index (χ1v) is 8.46. The Morgan fingerprint density at radius 2 is 1.59 bits per heavy atom. The smallest absolute Gasteiger partial charge is 0.264 e. The first kappa shape index (κ1) is 16.4. The molecule has 0 amide bonds. The molecule has 0 spiro atoms. The number of rotatable bonds is 5. The van der Waals surface area contributed by atoms with Crippen molar-refractivity contribution in [3.05, 3.63) is 59.2 Å². The lowest BCUT2D eigenvalue weighted by Gasteiger charge is -2.16. The molecule has 3 nitrogen and oxygen atoms in total. The van der Waals surface area contributed by atoms with Crippen LogP contribution in [-0.2, 0) is 22.9 Å². The maximum Gasteiger partial charge on any atom is 0.264 e. The first-order chi connectivity index (χ1) is 10.4. The molecular formula is C16H17F2NO2S. The highest BCUT2D eigenvalue weighted by molar-refractivity contribution is 7.92. The summed E-state index contributed by atoms with van der Waals surface area (Å²) in [6.45, 7) is 3.82. The number of hydrogen-bond donors (Lipinski definition) is 1. The SMILES string of the molecule is CCc1cccc(CC)c1NS(=O)(=O)c1ccc(F)cc1F. The highest BCUT2D eigenvalue weighted by Gasteiger charge is 2.21. The van der Waals surface area contributed by atoms with Crippen molar-refractivity contribution >= 4 is 15.7 Å². The molecule has 6 heteroatoms. The fourth-order valence-electron chi connectivity index (χ4n) is 2.26. The molecule has 0 aliphatic heterocycles. The van der Waals surface area contributed by atoms with Crippen molar-refractivity contribution < 1.29 is 17.2 Å². The summed E-state index contributed by atoms with van der Waals surface area (Å²) in [5.41, 5.74) is 2.12. The first-order valence-electron chi connectivity index (χ1n) is 6.97. The van der Waals surface area contributed by atoms with Crippen LogP contribution in [0.4, 0.5) is 14.5 Å². The van der Waals surface area contributed by atoms with Crippen molar-refractivity contribution in [2.24, 2.45) is 0 Å². The molecule has 0 aliphatic carbocycles. The van der Waals surface area contributed by atoms with E-state index >= 15 is 0 Å². The van der Waals surface area contributed by atoms with Crippen molar-refractivity contribution in [1.29, 1.82) is 0 Å². The summed E-state index contributed by atoms with van der Waals surface area (Å²) in [4.78, 5) is -0.568. The Labute approximate surface area is 129 Å². The minimum atomic E-state index is -4.12. The Morgan fingerprint density at radius 3 is 2.09 bits per heavy atom. The van der Waals surface area contributed by atoms with Gasteiger partial charge in [0.15, 0.2) is 0 Å². The highest BCUT2D eigenvalue weighted by Crippen LogP contribution is 2.26. The topological polar surface area (TPSA) is 46.2 Å². The molecule has 0 unspecified atom stereocenters. The zero-order valence-corrected chi connectivity index (χ0v) is 13.2. The van der Waals surface area contributed by atoms with Gasteiger partial charge >= 0.3 is 0 Å². The largest absolute Gasteiger partial charge is 0.279 e. The van der Waals surface area contributed by atoms with Crippen LogP contribution in [-0.4, -0.2) is 8.42 Å². The molecule has 0 aromatic heterocycles. The zero-order valence-electron chi connectivity index (χ0n) is 12.4. The van der Waals surface area contributed by atoms with Gasteiger partial charge in [0.2, 0.25) is 0 Å². The van der Waals surface area contributed by atoms with Crippen LogP contribution in [0.1, 0.15) is 25.0 Å². The Hall–Kier alpha value is -1.95. The number of hydrogen-bond acceptors (Lipinski definition) is 2. The van der Waals surface area contributed by atoms with Gasteiger partial charge in [0.1, 0.15) is 16.5 Å². The maximum atomic E-state index is 13.8. The van der Waals surface area contributed by atoms with Crippen molar-refractivity contribution in [3.8, 4) is 0 Å². The average Bonchev–Trinajstić information content (AvgIpc) is 2.46. The van der Waals surface area contributed by atoms with Gasteiger partial charge in [0.25, 0.3) is 10.0 Å². The van der Waals surface area contributed by atoms with E-state index < -0.39 is 26.6 Å². The third-order valence-electron chi connectivity index (χ3n) is 3.42. The van der Waals surface area contributed by atoms with E-state index in [1.165, 1.54) is 0 Å². The monoisotopic (exact) mass is 325 g/mol. The summed E-state index contributed by atoms with van der Waals surface area (Å²) < 4.78 is 53.9. The average molecular weight is 325 g/mol. The lowest BCUT2D eigenvalue weighted by atomic mass is 10.0. The van der Waals surface area contributed by atoms with Gasteiger partial charge in [-0.05, 0) is 36.1 Å². The van der Waals surface area contributed by atoms with E-state index in [0.717, 1.165) is 23.3 Å². The number of aryl methyl sites for hydroxylation is 2. The van der Waals surface area contributed by atoms with Crippen LogP contribution in [0.25, 0.3) is 0 Å². The van der Waals surface area contributed by atoms with Crippen molar-refractivity contribution in [3.63, 3.8) is 0 Å². The lowest BCUT2D eigenvalue weighted by Crippen LogP contribution is -2.17. The fraction of sp³-hybridized carbons (Fsp3) is 0.250. The van der Waals surface area contributed by atoms with E-state index in [0.29, 0.717) is 24.6 Å². The van der Waals surface area contributed by atoms with Gasteiger partial charge in [0, 0.05) is 6.07 Å². The van der Waals surface area contributed by atoms with Crippen LogP contribution >= 0.6 is 0 Å². The van der Waals surface area contributed by atoms with Crippen LogP contribution in [0, 0.1) is 11.6 Å². The van der Waals surface area contributed by atoms with Gasteiger partial charge in [0.05, 0.1) is 5.69 Å². The van der Waals surface area contributed by atoms with Gasteiger partial charge in [-0.3, -0.25) is 4.72 Å². The molecule has 0 fully saturated rings. The molecule has 0 bridgehead atoms. The van der Waals surface area contributed by atoms with Crippen LogP contribution in [0.15, 0.2) is 41.3 Å². The van der Waals surface area contributed by atoms with Gasteiger partial charge in [-0.15, -0.1) is 0 Å². The molecule has 22 heavy (non-hydrogen) atoms. The van der Waals surface area contributed by atoms with E-state index in [4.69, 9.17) is 0 Å². The maximum absolute atomic E-state index is 13.8. The van der Waals surface area contributed by atoms with Crippen LogP contribution in [0.3, 0.4) is 0 Å². The van der Waals surface area contributed by atoms with Crippen molar-refractivity contribution in [2.75, 3.05) is 4.72 Å². The molecule has 0 radical (unpaired) electrons. The van der Waals surface area contributed by atoms with E-state index in [-0.39, 0.29) is 0 Å². The third-order valence-corrected chi connectivity index (χ3v) is 4.80. The predicted molar refractivity (Wildman–Crippen MR) is 82.4 cm³/mol. The Morgan fingerprint density at radius 1 is 1.00 bits per heavy atom. The molecule has 2 aromatic rings. The summed E-state index contributed by atoms with van der Waals surface area (Å²) in [6, 6.07) is 7.89. The molecular weight excluding hydrogens is 308 g/mol. The van der Waals surface area contributed by atoms with E-state index in [2.05, 4.69) is 4.72 Å². The summed E-state index contributed by atoms with van der Waals surface area (Å²) in [5.74, 6) is -1.93. The molecule has 0 atom stereocenters. The summed E-state index contributed by atoms with van der Waals surface area (Å²) in [6.07, 6.45) is 1.27. The second-order valence-corrected chi connectivity index (χ2v) is 6.49. The van der Waals surface area contributed by atoms with Crippen LogP contribution in [0.5, 0.6) is 0 Å². The lowest BCUT2D eigenvalue weighted by molar-refractivity contribution is 0.551. The summed E-state index contributed by atoms with van der Waals surface area (Å²) in [7, 11) is -4.12. The molecule has 0 saturated heterocycles. The van der Waals surface area contributed by atoms with Crippen LogP contribution < -0.4 is 4.72 Å². The summed E-state index contributed by atoms with van der Waals surface area (Å²) >= 11 is 0. The van der Waals surface area contributed by atoms with Gasteiger partial charge in [-0.25, -0.2) is 17.2 Å². The van der Waals surface area contributed by atoms with Crippen molar-refractivity contribution in [1.82, 2.24) is 0 Å². The Kier molecular flexibility index (Phi) is 4.81. The van der Waals surface area contributed by atoms with Gasteiger partial charge in [-0.1, -0.05) is 32.0 Å².